The zero-order chi connectivity index (χ0) is 9.56. The summed E-state index contributed by atoms with van der Waals surface area (Å²) in [5, 5.41) is 0.809. The van der Waals surface area contributed by atoms with Crippen LogP contribution < -0.4 is 0 Å². The van der Waals surface area contributed by atoms with E-state index in [-0.39, 0.29) is 0 Å². The molecule has 1 heteroatoms. The minimum absolute atomic E-state index is 0.726. The molecule has 0 bridgehead atoms. The number of hydrogen-bond acceptors (Lipinski definition) is 0. The van der Waals surface area contributed by atoms with Crippen LogP contribution in [0.2, 0.25) is 0 Å². The molecule has 0 nitrogen and oxygen atoms in total. The molecule has 0 heterocycles. The van der Waals surface area contributed by atoms with Gasteiger partial charge in [-0.3, -0.25) is 0 Å². The molecule has 0 unspecified atom stereocenters. The summed E-state index contributed by atoms with van der Waals surface area (Å²) in [4.78, 5) is 0. The molecule has 0 atom stereocenters. The highest BCUT2D eigenvalue weighted by molar-refractivity contribution is 6.29. The zero-order valence-electron chi connectivity index (χ0n) is 7.73. The molecule has 0 rings (SSSR count). The average Bonchev–Trinajstić information content (AvgIpc) is 2.03. The third kappa shape index (κ3) is 4.20. The molecule has 0 N–H and O–H groups in total. The van der Waals surface area contributed by atoms with Crippen LogP contribution in [0.5, 0.6) is 0 Å². The lowest BCUT2D eigenvalue weighted by atomic mass is 10.1. The van der Waals surface area contributed by atoms with Crippen molar-refractivity contribution in [2.75, 3.05) is 0 Å². The highest BCUT2D eigenvalue weighted by Gasteiger charge is 1.91. The van der Waals surface area contributed by atoms with E-state index < -0.39 is 0 Å². The van der Waals surface area contributed by atoms with Crippen molar-refractivity contribution in [2.45, 2.75) is 20.3 Å². The van der Waals surface area contributed by atoms with Crippen LogP contribution >= 0.6 is 11.6 Å². The monoisotopic (exact) mass is 182 g/mol. The molecule has 12 heavy (non-hydrogen) atoms. The van der Waals surface area contributed by atoms with Crippen molar-refractivity contribution in [3.8, 4) is 0 Å². The van der Waals surface area contributed by atoms with E-state index in [1.807, 2.05) is 26.0 Å². The Balaban J connectivity index is 4.51. The van der Waals surface area contributed by atoms with Gasteiger partial charge < -0.3 is 0 Å². The van der Waals surface area contributed by atoms with Gasteiger partial charge in [0.25, 0.3) is 0 Å². The van der Waals surface area contributed by atoms with E-state index in [1.54, 1.807) is 6.08 Å². The van der Waals surface area contributed by atoms with Crippen molar-refractivity contribution >= 4 is 11.6 Å². The maximum Gasteiger partial charge on any atom is 0.0221 e. The van der Waals surface area contributed by atoms with Crippen LogP contribution in [0, 0.1) is 0 Å². The molecule has 66 valence electrons. The molecular formula is C11H15Cl. The molecule has 0 amide bonds. The first-order chi connectivity index (χ1) is 5.61. The smallest absolute Gasteiger partial charge is 0.0221 e. The summed E-state index contributed by atoms with van der Waals surface area (Å²) in [7, 11) is 0. The van der Waals surface area contributed by atoms with Crippen LogP contribution in [0.3, 0.4) is 0 Å². The number of rotatable bonds is 4. The topological polar surface area (TPSA) is 0 Å². The standard InChI is InChI=1S/C11H15Cl/c1-5-7-11(12)8-10(4)9(3)6-2/h5-6,8H,1-2,7H2,3-4H3/b10-9-,11-8+. The van der Waals surface area contributed by atoms with Crippen molar-refractivity contribution in [1.29, 1.82) is 0 Å². The van der Waals surface area contributed by atoms with Gasteiger partial charge in [-0.05, 0) is 31.1 Å². The molecule has 0 spiro atoms. The minimum atomic E-state index is 0.726. The second-order valence-corrected chi connectivity index (χ2v) is 3.14. The Kier molecular flexibility index (Phi) is 5.48. The van der Waals surface area contributed by atoms with Crippen molar-refractivity contribution in [2.24, 2.45) is 0 Å². The van der Waals surface area contributed by atoms with Crippen molar-refractivity contribution in [3.63, 3.8) is 0 Å². The van der Waals surface area contributed by atoms with Crippen LogP contribution in [0.4, 0.5) is 0 Å². The third-order valence-electron chi connectivity index (χ3n) is 1.64. The molecule has 0 aliphatic rings. The number of halogens is 1. The molecule has 0 aromatic carbocycles. The van der Waals surface area contributed by atoms with E-state index >= 15 is 0 Å². The van der Waals surface area contributed by atoms with Gasteiger partial charge in [0.15, 0.2) is 0 Å². The van der Waals surface area contributed by atoms with Crippen LogP contribution in [0.15, 0.2) is 47.6 Å². The quantitative estimate of drug-likeness (QED) is 0.452. The van der Waals surface area contributed by atoms with Gasteiger partial charge in [-0.2, -0.15) is 0 Å². The average molecular weight is 183 g/mol. The van der Waals surface area contributed by atoms with E-state index in [0.29, 0.717) is 0 Å². The van der Waals surface area contributed by atoms with E-state index in [0.717, 1.165) is 22.6 Å². The van der Waals surface area contributed by atoms with Crippen molar-refractivity contribution in [1.82, 2.24) is 0 Å². The largest absolute Gasteiger partial charge is 0.103 e. The molecule has 0 aromatic rings. The molecular weight excluding hydrogens is 168 g/mol. The minimum Gasteiger partial charge on any atom is -0.103 e. The Bertz CT molecular complexity index is 231. The van der Waals surface area contributed by atoms with Gasteiger partial charge in [0, 0.05) is 11.5 Å². The van der Waals surface area contributed by atoms with Crippen LogP contribution in [-0.2, 0) is 0 Å². The molecule has 0 saturated carbocycles. The first-order valence-corrected chi connectivity index (χ1v) is 4.26. The Morgan fingerprint density at radius 1 is 1.25 bits per heavy atom. The Morgan fingerprint density at radius 3 is 2.25 bits per heavy atom. The van der Waals surface area contributed by atoms with E-state index in [9.17, 15) is 0 Å². The summed E-state index contributed by atoms with van der Waals surface area (Å²) in [6.07, 6.45) is 6.28. The number of hydrogen-bond donors (Lipinski definition) is 0. The Morgan fingerprint density at radius 2 is 1.83 bits per heavy atom. The summed E-state index contributed by atoms with van der Waals surface area (Å²) in [5.74, 6) is 0. The molecule has 0 radical (unpaired) electrons. The summed E-state index contributed by atoms with van der Waals surface area (Å²) < 4.78 is 0. The zero-order valence-corrected chi connectivity index (χ0v) is 8.49. The second-order valence-electron chi connectivity index (χ2n) is 2.65. The summed E-state index contributed by atoms with van der Waals surface area (Å²) in [6, 6.07) is 0. The molecule has 0 fully saturated rings. The normalized spacial score (nSPS) is 13.8. The fourth-order valence-corrected chi connectivity index (χ4v) is 0.979. The Labute approximate surface area is 79.9 Å². The van der Waals surface area contributed by atoms with Gasteiger partial charge in [-0.1, -0.05) is 30.3 Å². The fourth-order valence-electron chi connectivity index (χ4n) is 0.707. The molecule has 0 aromatic heterocycles. The maximum absolute atomic E-state index is 5.90. The van der Waals surface area contributed by atoms with Gasteiger partial charge >= 0.3 is 0 Å². The lowest BCUT2D eigenvalue weighted by molar-refractivity contribution is 1.31. The fraction of sp³-hybridized carbons (Fsp3) is 0.273. The first kappa shape index (κ1) is 11.2. The van der Waals surface area contributed by atoms with Crippen LogP contribution in [0.25, 0.3) is 0 Å². The van der Waals surface area contributed by atoms with E-state index in [4.69, 9.17) is 11.6 Å². The highest BCUT2D eigenvalue weighted by Crippen LogP contribution is 2.14. The predicted molar refractivity (Wildman–Crippen MR) is 57.3 cm³/mol. The van der Waals surface area contributed by atoms with Gasteiger partial charge in [0.1, 0.15) is 0 Å². The van der Waals surface area contributed by atoms with E-state index in [2.05, 4.69) is 13.2 Å². The second kappa shape index (κ2) is 5.84. The highest BCUT2D eigenvalue weighted by atomic mass is 35.5. The SMILES string of the molecule is C=CC/C(Cl)=C\C(C)=C(\C)C=C. The molecule has 0 aliphatic heterocycles. The lowest BCUT2D eigenvalue weighted by Crippen LogP contribution is -1.77. The number of allylic oxidation sites excluding steroid dienone is 6. The summed E-state index contributed by atoms with van der Waals surface area (Å²) >= 11 is 5.90. The van der Waals surface area contributed by atoms with Crippen LogP contribution in [-0.4, -0.2) is 0 Å². The maximum atomic E-state index is 5.90. The van der Waals surface area contributed by atoms with Crippen molar-refractivity contribution < 1.29 is 0 Å². The van der Waals surface area contributed by atoms with Gasteiger partial charge in [0.2, 0.25) is 0 Å². The van der Waals surface area contributed by atoms with Crippen LogP contribution in [0.1, 0.15) is 20.3 Å². The summed E-state index contributed by atoms with van der Waals surface area (Å²) in [5.41, 5.74) is 2.30. The molecule has 0 aliphatic carbocycles. The lowest BCUT2D eigenvalue weighted by Gasteiger charge is -1.98. The van der Waals surface area contributed by atoms with Gasteiger partial charge in [0.05, 0.1) is 0 Å². The van der Waals surface area contributed by atoms with E-state index in [1.165, 1.54) is 0 Å². The Hall–Kier alpha value is -0.750. The van der Waals surface area contributed by atoms with Crippen molar-refractivity contribution in [3.05, 3.63) is 47.6 Å². The third-order valence-corrected chi connectivity index (χ3v) is 1.90. The predicted octanol–water partition coefficient (Wildman–Crippen LogP) is 4.21. The summed E-state index contributed by atoms with van der Waals surface area (Å²) in [6.45, 7) is 11.3. The molecule has 0 saturated heterocycles. The first-order valence-electron chi connectivity index (χ1n) is 3.88. The van der Waals surface area contributed by atoms with Gasteiger partial charge in [-0.15, -0.1) is 6.58 Å². The van der Waals surface area contributed by atoms with Gasteiger partial charge in [-0.25, -0.2) is 0 Å².